The fraction of sp³-hybridized carbons (Fsp3) is 0.600. The first-order valence-corrected chi connectivity index (χ1v) is 6.81. The lowest BCUT2D eigenvalue weighted by atomic mass is 10.0. The van der Waals surface area contributed by atoms with Crippen LogP contribution in [0.5, 0.6) is 5.75 Å². The highest BCUT2D eigenvalue weighted by atomic mass is 16.5. The van der Waals surface area contributed by atoms with E-state index in [4.69, 9.17) is 4.74 Å². The van der Waals surface area contributed by atoms with Crippen LogP contribution in [0.4, 0.5) is 0 Å². The molecule has 17 heavy (non-hydrogen) atoms. The Bertz CT molecular complexity index is 331. The molecule has 2 rings (SSSR count). The highest BCUT2D eigenvalue weighted by Gasteiger charge is 2.14. The fourth-order valence-corrected chi connectivity index (χ4v) is 2.39. The lowest BCUT2D eigenvalue weighted by Gasteiger charge is -2.23. The zero-order valence-electron chi connectivity index (χ0n) is 10.7. The normalized spacial score (nSPS) is 20.2. The molecule has 1 unspecified atom stereocenters. The lowest BCUT2D eigenvalue weighted by Crippen LogP contribution is -2.33. The summed E-state index contributed by atoms with van der Waals surface area (Å²) in [4.78, 5) is 0. The van der Waals surface area contributed by atoms with Crippen molar-refractivity contribution in [3.63, 3.8) is 0 Å². The summed E-state index contributed by atoms with van der Waals surface area (Å²) in [5, 5.41) is 3.43. The highest BCUT2D eigenvalue weighted by Crippen LogP contribution is 2.21. The molecule has 1 fully saturated rings. The maximum atomic E-state index is 5.99. The van der Waals surface area contributed by atoms with Crippen molar-refractivity contribution in [2.45, 2.75) is 32.6 Å². The van der Waals surface area contributed by atoms with E-state index in [9.17, 15) is 0 Å². The largest absolute Gasteiger partial charge is 0.493 e. The molecule has 1 saturated heterocycles. The zero-order chi connectivity index (χ0) is 11.9. The first-order valence-electron chi connectivity index (χ1n) is 6.81. The summed E-state index contributed by atoms with van der Waals surface area (Å²) in [6.45, 7) is 5.34. The second-order valence-electron chi connectivity index (χ2n) is 4.88. The Balaban J connectivity index is 1.88. The summed E-state index contributed by atoms with van der Waals surface area (Å²) in [6.07, 6.45) is 4.86. The van der Waals surface area contributed by atoms with Crippen molar-refractivity contribution in [3.8, 4) is 5.75 Å². The lowest BCUT2D eigenvalue weighted by molar-refractivity contribution is 0.217. The van der Waals surface area contributed by atoms with Gasteiger partial charge in [-0.25, -0.2) is 0 Å². The molecular formula is C15H23NO. The van der Waals surface area contributed by atoms with Gasteiger partial charge in [-0.2, -0.15) is 0 Å². The van der Waals surface area contributed by atoms with Crippen LogP contribution in [0.25, 0.3) is 0 Å². The minimum absolute atomic E-state index is 0.679. The molecule has 0 aromatic heterocycles. The van der Waals surface area contributed by atoms with Crippen LogP contribution < -0.4 is 10.1 Å². The van der Waals surface area contributed by atoms with Crippen molar-refractivity contribution >= 4 is 0 Å². The third kappa shape index (κ3) is 3.74. The van der Waals surface area contributed by atoms with Gasteiger partial charge >= 0.3 is 0 Å². The molecular weight excluding hydrogens is 210 g/mol. The van der Waals surface area contributed by atoms with Crippen molar-refractivity contribution < 1.29 is 4.74 Å². The molecule has 0 saturated carbocycles. The van der Waals surface area contributed by atoms with E-state index in [0.29, 0.717) is 5.92 Å². The van der Waals surface area contributed by atoms with E-state index in [-0.39, 0.29) is 0 Å². The van der Waals surface area contributed by atoms with Crippen LogP contribution in [0.1, 0.15) is 31.7 Å². The second-order valence-corrected chi connectivity index (χ2v) is 4.88. The Kier molecular flexibility index (Phi) is 4.87. The van der Waals surface area contributed by atoms with Crippen molar-refractivity contribution in [2.75, 3.05) is 19.7 Å². The third-order valence-corrected chi connectivity index (χ3v) is 3.37. The van der Waals surface area contributed by atoms with E-state index in [1.165, 1.54) is 31.4 Å². The minimum Gasteiger partial charge on any atom is -0.493 e. The molecule has 0 aliphatic carbocycles. The number of benzene rings is 1. The van der Waals surface area contributed by atoms with Crippen LogP contribution in [0.2, 0.25) is 0 Å². The van der Waals surface area contributed by atoms with Crippen molar-refractivity contribution in [2.24, 2.45) is 5.92 Å². The summed E-state index contributed by atoms with van der Waals surface area (Å²) in [7, 11) is 0. The van der Waals surface area contributed by atoms with Crippen LogP contribution >= 0.6 is 0 Å². The van der Waals surface area contributed by atoms with Crippen LogP contribution in [-0.4, -0.2) is 19.7 Å². The zero-order valence-corrected chi connectivity index (χ0v) is 10.7. The molecule has 0 radical (unpaired) electrons. The minimum atomic E-state index is 0.679. The molecule has 1 heterocycles. The number of piperidine rings is 1. The monoisotopic (exact) mass is 233 g/mol. The van der Waals surface area contributed by atoms with Gasteiger partial charge in [0.1, 0.15) is 5.75 Å². The van der Waals surface area contributed by atoms with Gasteiger partial charge in [-0.05, 0) is 37.4 Å². The number of aryl methyl sites for hydroxylation is 1. The first kappa shape index (κ1) is 12.4. The molecule has 1 aliphatic rings. The molecule has 2 nitrogen and oxygen atoms in total. The van der Waals surface area contributed by atoms with Gasteiger partial charge in [0.25, 0.3) is 0 Å². The van der Waals surface area contributed by atoms with Crippen molar-refractivity contribution in [1.82, 2.24) is 5.32 Å². The smallest absolute Gasteiger partial charge is 0.122 e. The summed E-state index contributed by atoms with van der Waals surface area (Å²) in [6, 6.07) is 8.44. The number of rotatable bonds is 5. The van der Waals surface area contributed by atoms with E-state index >= 15 is 0 Å². The molecule has 0 spiro atoms. The third-order valence-electron chi connectivity index (χ3n) is 3.37. The summed E-state index contributed by atoms with van der Waals surface area (Å²) in [5.74, 6) is 1.76. The van der Waals surface area contributed by atoms with Gasteiger partial charge in [0, 0.05) is 12.5 Å². The SMILES string of the molecule is CCCc1ccccc1OCC1CCCNC1. The Morgan fingerprint density at radius 1 is 1.35 bits per heavy atom. The molecule has 2 heteroatoms. The molecule has 0 bridgehead atoms. The molecule has 1 aliphatic heterocycles. The van der Waals surface area contributed by atoms with Crippen molar-refractivity contribution in [3.05, 3.63) is 29.8 Å². The average molecular weight is 233 g/mol. The van der Waals surface area contributed by atoms with Gasteiger partial charge in [0.2, 0.25) is 0 Å². The predicted octanol–water partition coefficient (Wildman–Crippen LogP) is 3.02. The van der Waals surface area contributed by atoms with Gasteiger partial charge in [-0.15, -0.1) is 0 Å². The van der Waals surface area contributed by atoms with Gasteiger partial charge in [0.15, 0.2) is 0 Å². The van der Waals surface area contributed by atoms with Gasteiger partial charge in [-0.3, -0.25) is 0 Å². The maximum absolute atomic E-state index is 5.99. The second kappa shape index (κ2) is 6.65. The van der Waals surface area contributed by atoms with E-state index in [1.54, 1.807) is 0 Å². The molecule has 1 aromatic rings. The molecule has 1 aromatic carbocycles. The van der Waals surface area contributed by atoms with E-state index in [0.717, 1.165) is 25.3 Å². The summed E-state index contributed by atoms with van der Waals surface area (Å²) >= 11 is 0. The van der Waals surface area contributed by atoms with Gasteiger partial charge in [0.05, 0.1) is 6.61 Å². The van der Waals surface area contributed by atoms with Crippen LogP contribution in [0.15, 0.2) is 24.3 Å². The predicted molar refractivity (Wildman–Crippen MR) is 71.5 cm³/mol. The standard InChI is InChI=1S/C15H23NO/c1-2-6-14-8-3-4-9-15(14)17-12-13-7-5-10-16-11-13/h3-4,8-9,13,16H,2,5-7,10-12H2,1H3. The Morgan fingerprint density at radius 2 is 2.24 bits per heavy atom. The van der Waals surface area contributed by atoms with Crippen molar-refractivity contribution in [1.29, 1.82) is 0 Å². The topological polar surface area (TPSA) is 21.3 Å². The van der Waals surface area contributed by atoms with Gasteiger partial charge in [-0.1, -0.05) is 31.5 Å². The van der Waals surface area contributed by atoms with Crippen LogP contribution in [0.3, 0.4) is 0 Å². The van der Waals surface area contributed by atoms with E-state index < -0.39 is 0 Å². The Hall–Kier alpha value is -1.02. The Morgan fingerprint density at radius 3 is 3.00 bits per heavy atom. The van der Waals surface area contributed by atoms with Gasteiger partial charge < -0.3 is 10.1 Å². The highest BCUT2D eigenvalue weighted by molar-refractivity contribution is 5.33. The molecule has 1 atom stereocenters. The van der Waals surface area contributed by atoms with E-state index in [2.05, 4.69) is 36.5 Å². The van der Waals surface area contributed by atoms with Crippen LogP contribution in [0, 0.1) is 5.92 Å². The number of para-hydroxylation sites is 1. The number of ether oxygens (including phenoxy) is 1. The first-order chi connectivity index (χ1) is 8.40. The number of nitrogens with one attached hydrogen (secondary N) is 1. The quantitative estimate of drug-likeness (QED) is 0.844. The van der Waals surface area contributed by atoms with E-state index in [1.807, 2.05) is 0 Å². The van der Waals surface area contributed by atoms with Crippen LogP contribution in [-0.2, 0) is 6.42 Å². The number of hydrogen-bond donors (Lipinski definition) is 1. The maximum Gasteiger partial charge on any atom is 0.122 e. The average Bonchev–Trinajstić information content (AvgIpc) is 2.39. The summed E-state index contributed by atoms with van der Waals surface area (Å²) < 4.78 is 5.99. The molecule has 94 valence electrons. The Labute approximate surface area is 104 Å². The fourth-order valence-electron chi connectivity index (χ4n) is 2.39. The summed E-state index contributed by atoms with van der Waals surface area (Å²) in [5.41, 5.74) is 1.35. The molecule has 0 amide bonds. The number of hydrogen-bond acceptors (Lipinski definition) is 2. The molecule has 1 N–H and O–H groups in total.